The van der Waals surface area contributed by atoms with Crippen LogP contribution in [0, 0.1) is 11.3 Å². The van der Waals surface area contributed by atoms with E-state index in [-0.39, 0.29) is 18.0 Å². The molecule has 8 heteroatoms. The predicted octanol–water partition coefficient (Wildman–Crippen LogP) is -0.0443. The number of carbonyl (C=O) groups is 1. The fraction of sp³-hybridized carbons (Fsp3) is 0.667. The number of ether oxygens (including phenoxy) is 3. The summed E-state index contributed by atoms with van der Waals surface area (Å²) in [4.78, 5) is 12.0. The van der Waals surface area contributed by atoms with E-state index in [4.69, 9.17) is 14.2 Å². The van der Waals surface area contributed by atoms with E-state index in [2.05, 4.69) is 6.58 Å². The van der Waals surface area contributed by atoms with Crippen molar-refractivity contribution >= 4 is 5.97 Å². The topological polar surface area (TPSA) is 126 Å². The van der Waals surface area contributed by atoms with Crippen molar-refractivity contribution in [3.63, 3.8) is 0 Å². The van der Waals surface area contributed by atoms with Crippen molar-refractivity contribution in [3.8, 4) is 0 Å². The van der Waals surface area contributed by atoms with Gasteiger partial charge in [0.2, 0.25) is 0 Å². The number of hydrogen-bond donors (Lipinski definition) is 4. The van der Waals surface area contributed by atoms with Crippen LogP contribution in [0.25, 0.3) is 0 Å². The summed E-state index contributed by atoms with van der Waals surface area (Å²) < 4.78 is 17.1. The van der Waals surface area contributed by atoms with Gasteiger partial charge in [-0.05, 0) is 31.3 Å². The predicted molar refractivity (Wildman–Crippen MR) is 100 cm³/mol. The lowest BCUT2D eigenvalue weighted by atomic mass is 9.57. The molecular formula is C21H28O8. The van der Waals surface area contributed by atoms with Gasteiger partial charge in [-0.25, -0.2) is 4.79 Å². The van der Waals surface area contributed by atoms with Crippen LogP contribution in [-0.2, 0) is 19.0 Å². The van der Waals surface area contributed by atoms with Gasteiger partial charge in [0, 0.05) is 11.0 Å². The Kier molecular flexibility index (Phi) is 5.21. The molecule has 0 aromatic heterocycles. The molecule has 0 radical (unpaired) electrons. The maximum Gasteiger partial charge on any atom is 0.334 e. The molecule has 0 aromatic rings. The fourth-order valence-electron chi connectivity index (χ4n) is 5.05. The van der Waals surface area contributed by atoms with Crippen molar-refractivity contribution in [1.82, 2.24) is 0 Å². The molecule has 0 unspecified atom stereocenters. The fourth-order valence-corrected chi connectivity index (χ4v) is 5.05. The summed E-state index contributed by atoms with van der Waals surface area (Å²) >= 11 is 0. The number of allylic oxidation sites excluding steroid dienone is 2. The summed E-state index contributed by atoms with van der Waals surface area (Å²) in [6.07, 6.45) is -2.65. The second kappa shape index (κ2) is 7.30. The average Bonchev–Trinajstić information content (AvgIpc) is 2.95. The van der Waals surface area contributed by atoms with E-state index in [0.717, 1.165) is 11.1 Å². The number of aliphatic hydroxyl groups excluding tert-OH is 4. The van der Waals surface area contributed by atoms with Gasteiger partial charge in [0.25, 0.3) is 0 Å². The SMILES string of the molecule is C=C1C=C[C@H](O[C@@H]2O[C@H](CO)[C@@H](O)[C@H](O)[C@H]2O)[C@]2(C)C[C@@H]3OC(=O)C(C)=C3C[C@@H]12. The molecule has 0 amide bonds. The van der Waals surface area contributed by atoms with Gasteiger partial charge in [-0.1, -0.05) is 31.2 Å². The van der Waals surface area contributed by atoms with Crippen molar-refractivity contribution in [2.24, 2.45) is 11.3 Å². The molecule has 4 N–H and O–H groups in total. The molecule has 2 aliphatic carbocycles. The highest BCUT2D eigenvalue weighted by Crippen LogP contribution is 2.55. The zero-order valence-electron chi connectivity index (χ0n) is 16.5. The highest BCUT2D eigenvalue weighted by atomic mass is 16.7. The van der Waals surface area contributed by atoms with Crippen LogP contribution in [0.3, 0.4) is 0 Å². The summed E-state index contributed by atoms with van der Waals surface area (Å²) in [6.45, 7) is 7.46. The molecule has 0 aromatic carbocycles. The summed E-state index contributed by atoms with van der Waals surface area (Å²) in [5, 5.41) is 39.8. The third-order valence-electron chi connectivity index (χ3n) is 6.98. The van der Waals surface area contributed by atoms with Crippen LogP contribution < -0.4 is 0 Å². The van der Waals surface area contributed by atoms with Gasteiger partial charge < -0.3 is 34.6 Å². The molecule has 9 atom stereocenters. The van der Waals surface area contributed by atoms with Gasteiger partial charge in [0.1, 0.15) is 30.5 Å². The Hall–Kier alpha value is -1.55. The van der Waals surface area contributed by atoms with Gasteiger partial charge in [-0.3, -0.25) is 0 Å². The lowest BCUT2D eigenvalue weighted by Gasteiger charge is -2.51. The van der Waals surface area contributed by atoms with Gasteiger partial charge in [0.15, 0.2) is 6.29 Å². The number of fused-ring (bicyclic) bond motifs is 2. The molecule has 0 bridgehead atoms. The lowest BCUT2D eigenvalue weighted by Crippen LogP contribution is -2.61. The number of hydrogen-bond acceptors (Lipinski definition) is 8. The first kappa shape index (κ1) is 20.7. The van der Waals surface area contributed by atoms with E-state index >= 15 is 0 Å². The molecule has 4 aliphatic rings. The van der Waals surface area contributed by atoms with E-state index in [1.54, 1.807) is 6.92 Å². The molecule has 2 fully saturated rings. The first-order valence-electron chi connectivity index (χ1n) is 9.91. The Labute approximate surface area is 169 Å². The Bertz CT molecular complexity index is 771. The van der Waals surface area contributed by atoms with Crippen LogP contribution in [0.1, 0.15) is 26.7 Å². The van der Waals surface area contributed by atoms with Crippen LogP contribution in [0.15, 0.2) is 35.5 Å². The van der Waals surface area contributed by atoms with Gasteiger partial charge in [-0.2, -0.15) is 0 Å². The third-order valence-corrected chi connectivity index (χ3v) is 6.98. The monoisotopic (exact) mass is 408 g/mol. The van der Waals surface area contributed by atoms with Crippen molar-refractivity contribution < 1.29 is 39.4 Å². The van der Waals surface area contributed by atoms with E-state index in [0.29, 0.717) is 18.4 Å². The van der Waals surface area contributed by atoms with E-state index in [9.17, 15) is 25.2 Å². The lowest BCUT2D eigenvalue weighted by molar-refractivity contribution is -0.317. The third kappa shape index (κ3) is 3.19. The molecule has 1 saturated heterocycles. The zero-order valence-corrected chi connectivity index (χ0v) is 16.5. The molecule has 4 rings (SSSR count). The molecule has 160 valence electrons. The Morgan fingerprint density at radius 2 is 2.00 bits per heavy atom. The van der Waals surface area contributed by atoms with Crippen molar-refractivity contribution in [2.75, 3.05) is 6.61 Å². The minimum Gasteiger partial charge on any atom is -0.454 e. The van der Waals surface area contributed by atoms with E-state index in [1.807, 2.05) is 19.1 Å². The summed E-state index contributed by atoms with van der Waals surface area (Å²) in [5.41, 5.74) is 2.11. The van der Waals surface area contributed by atoms with Crippen LogP contribution in [-0.4, -0.2) is 75.9 Å². The number of aliphatic hydroxyl groups is 4. The molecule has 2 heterocycles. The molecule has 1 saturated carbocycles. The van der Waals surface area contributed by atoms with Crippen LogP contribution >= 0.6 is 0 Å². The molecule has 0 spiro atoms. The van der Waals surface area contributed by atoms with E-state index in [1.165, 1.54) is 0 Å². The molecular weight excluding hydrogens is 380 g/mol. The Balaban J connectivity index is 1.59. The standard InChI is InChI=1S/C21H28O8/c1-9-4-5-15(29-20-18(25)17(24)16(23)14(8-22)28-20)21(3)7-13-11(6-12(9)21)10(2)19(26)27-13/h4-5,12-18,20,22-25H,1,6-8H2,2-3H3/t12-,13-,14+,15-,16+,17-,18+,20-,21+/m0/s1. The number of esters is 1. The molecule has 2 aliphatic heterocycles. The van der Waals surface area contributed by atoms with Crippen molar-refractivity contribution in [1.29, 1.82) is 0 Å². The first-order chi connectivity index (χ1) is 13.7. The van der Waals surface area contributed by atoms with Crippen molar-refractivity contribution in [3.05, 3.63) is 35.5 Å². The Morgan fingerprint density at radius 3 is 2.69 bits per heavy atom. The quantitative estimate of drug-likeness (QED) is 0.479. The first-order valence-corrected chi connectivity index (χ1v) is 9.91. The van der Waals surface area contributed by atoms with Gasteiger partial charge >= 0.3 is 5.97 Å². The highest BCUT2D eigenvalue weighted by molar-refractivity contribution is 5.91. The molecule has 29 heavy (non-hydrogen) atoms. The van der Waals surface area contributed by atoms with Crippen LogP contribution in [0.4, 0.5) is 0 Å². The smallest absolute Gasteiger partial charge is 0.334 e. The minimum absolute atomic E-state index is 0.0121. The second-order valence-corrected chi connectivity index (χ2v) is 8.70. The highest BCUT2D eigenvalue weighted by Gasteiger charge is 2.54. The van der Waals surface area contributed by atoms with Gasteiger partial charge in [-0.15, -0.1) is 0 Å². The second-order valence-electron chi connectivity index (χ2n) is 8.70. The normalized spacial score (nSPS) is 47.1. The van der Waals surface area contributed by atoms with Crippen LogP contribution in [0.5, 0.6) is 0 Å². The molecule has 8 nitrogen and oxygen atoms in total. The van der Waals surface area contributed by atoms with Crippen molar-refractivity contribution in [2.45, 2.75) is 69.6 Å². The summed E-state index contributed by atoms with van der Waals surface area (Å²) in [5.74, 6) is -0.282. The Morgan fingerprint density at radius 1 is 1.28 bits per heavy atom. The van der Waals surface area contributed by atoms with Crippen LogP contribution in [0.2, 0.25) is 0 Å². The summed E-state index contributed by atoms with van der Waals surface area (Å²) in [6, 6.07) is 0. The summed E-state index contributed by atoms with van der Waals surface area (Å²) in [7, 11) is 0. The van der Waals surface area contributed by atoms with Gasteiger partial charge in [0.05, 0.1) is 12.7 Å². The largest absolute Gasteiger partial charge is 0.454 e. The minimum atomic E-state index is -1.50. The average molecular weight is 408 g/mol. The zero-order chi connectivity index (χ0) is 21.1. The maximum atomic E-state index is 12.0. The maximum absolute atomic E-state index is 12.0. The number of carbonyl (C=O) groups excluding carboxylic acids is 1. The number of rotatable bonds is 3. The van der Waals surface area contributed by atoms with E-state index < -0.39 is 48.8 Å².